The molecule has 0 saturated heterocycles. The zero-order chi connectivity index (χ0) is 9.84. The van der Waals surface area contributed by atoms with Gasteiger partial charge in [0.2, 0.25) is 0 Å². The van der Waals surface area contributed by atoms with Crippen molar-refractivity contribution >= 4 is 12.2 Å². The topological polar surface area (TPSA) is 33.6 Å². The second kappa shape index (κ2) is 4.56. The van der Waals surface area contributed by atoms with Gasteiger partial charge in [0.05, 0.1) is 0 Å². The van der Waals surface area contributed by atoms with Gasteiger partial charge in [0.1, 0.15) is 6.33 Å². The summed E-state index contributed by atoms with van der Waals surface area (Å²) in [6, 6.07) is 0.452. The van der Waals surface area contributed by atoms with Crippen molar-refractivity contribution in [2.24, 2.45) is 5.92 Å². The van der Waals surface area contributed by atoms with Crippen LogP contribution in [0.1, 0.15) is 39.7 Å². The van der Waals surface area contributed by atoms with Crippen LogP contribution in [0.2, 0.25) is 0 Å². The SMILES string of the molecule is CC(C)CCC(C)n1cn[nH]c1=S. The highest BCUT2D eigenvalue weighted by Crippen LogP contribution is 2.16. The predicted molar refractivity (Wildman–Crippen MR) is 56.2 cm³/mol. The number of rotatable bonds is 4. The lowest BCUT2D eigenvalue weighted by Gasteiger charge is -2.13. The van der Waals surface area contributed by atoms with E-state index in [2.05, 4.69) is 31.0 Å². The lowest BCUT2D eigenvalue weighted by molar-refractivity contribution is 0.435. The molecular weight excluding hydrogens is 182 g/mol. The second-order valence-electron chi connectivity index (χ2n) is 3.89. The second-order valence-corrected chi connectivity index (χ2v) is 4.28. The highest BCUT2D eigenvalue weighted by Gasteiger charge is 2.06. The first-order valence-corrected chi connectivity index (χ1v) is 5.13. The van der Waals surface area contributed by atoms with E-state index in [0.29, 0.717) is 6.04 Å². The molecule has 1 atom stereocenters. The summed E-state index contributed by atoms with van der Waals surface area (Å²) >= 11 is 5.09. The molecule has 0 aliphatic carbocycles. The molecule has 0 bridgehead atoms. The molecule has 0 aliphatic rings. The van der Waals surface area contributed by atoms with E-state index in [0.717, 1.165) is 17.1 Å². The lowest BCUT2D eigenvalue weighted by Crippen LogP contribution is -2.05. The normalized spacial score (nSPS) is 13.5. The quantitative estimate of drug-likeness (QED) is 0.756. The average molecular weight is 199 g/mol. The van der Waals surface area contributed by atoms with Gasteiger partial charge in [0.15, 0.2) is 4.77 Å². The van der Waals surface area contributed by atoms with Gasteiger partial charge in [-0.05, 0) is 37.9 Å². The highest BCUT2D eigenvalue weighted by molar-refractivity contribution is 7.71. The van der Waals surface area contributed by atoms with E-state index >= 15 is 0 Å². The number of aromatic amines is 1. The molecule has 1 aromatic rings. The molecule has 74 valence electrons. The lowest BCUT2D eigenvalue weighted by atomic mass is 10.0. The van der Waals surface area contributed by atoms with Gasteiger partial charge in [-0.2, -0.15) is 5.10 Å². The van der Waals surface area contributed by atoms with Crippen molar-refractivity contribution in [3.8, 4) is 0 Å². The van der Waals surface area contributed by atoms with Crippen molar-refractivity contribution in [3.63, 3.8) is 0 Å². The first kappa shape index (κ1) is 10.4. The molecule has 0 spiro atoms. The van der Waals surface area contributed by atoms with E-state index in [1.165, 1.54) is 6.42 Å². The summed E-state index contributed by atoms with van der Waals surface area (Å²) in [7, 11) is 0. The van der Waals surface area contributed by atoms with E-state index in [1.54, 1.807) is 6.33 Å². The van der Waals surface area contributed by atoms with Crippen LogP contribution in [0.15, 0.2) is 6.33 Å². The van der Waals surface area contributed by atoms with Gasteiger partial charge in [-0.25, -0.2) is 0 Å². The van der Waals surface area contributed by atoms with E-state index in [-0.39, 0.29) is 0 Å². The van der Waals surface area contributed by atoms with Crippen LogP contribution in [0.3, 0.4) is 0 Å². The fraction of sp³-hybridized carbons (Fsp3) is 0.778. The molecule has 4 heteroatoms. The Morgan fingerprint density at radius 2 is 2.15 bits per heavy atom. The molecular formula is C9H17N3S. The molecule has 1 N–H and O–H groups in total. The largest absolute Gasteiger partial charge is 0.304 e. The van der Waals surface area contributed by atoms with Crippen molar-refractivity contribution < 1.29 is 0 Å². The number of hydrogen-bond acceptors (Lipinski definition) is 2. The third kappa shape index (κ3) is 2.95. The van der Waals surface area contributed by atoms with Crippen LogP contribution in [0.4, 0.5) is 0 Å². The van der Waals surface area contributed by atoms with Crippen LogP contribution in [-0.2, 0) is 0 Å². The maximum absolute atomic E-state index is 5.09. The molecule has 0 radical (unpaired) electrons. The van der Waals surface area contributed by atoms with Gasteiger partial charge in [-0.3, -0.25) is 5.10 Å². The van der Waals surface area contributed by atoms with Crippen LogP contribution in [0.5, 0.6) is 0 Å². The van der Waals surface area contributed by atoms with Crippen LogP contribution < -0.4 is 0 Å². The molecule has 1 unspecified atom stereocenters. The zero-order valence-electron chi connectivity index (χ0n) is 8.45. The van der Waals surface area contributed by atoms with E-state index in [4.69, 9.17) is 12.2 Å². The fourth-order valence-electron chi connectivity index (χ4n) is 1.28. The zero-order valence-corrected chi connectivity index (χ0v) is 9.27. The van der Waals surface area contributed by atoms with Crippen LogP contribution in [0.25, 0.3) is 0 Å². The maximum atomic E-state index is 5.09. The number of hydrogen-bond donors (Lipinski definition) is 1. The van der Waals surface area contributed by atoms with Crippen molar-refractivity contribution in [2.45, 2.75) is 39.7 Å². The molecule has 1 aromatic heterocycles. The Labute approximate surface area is 84.2 Å². The monoisotopic (exact) mass is 199 g/mol. The highest BCUT2D eigenvalue weighted by atomic mass is 32.1. The van der Waals surface area contributed by atoms with Crippen molar-refractivity contribution in [2.75, 3.05) is 0 Å². The summed E-state index contributed by atoms with van der Waals surface area (Å²) in [5.41, 5.74) is 0. The van der Waals surface area contributed by atoms with Crippen molar-refractivity contribution in [1.29, 1.82) is 0 Å². The smallest absolute Gasteiger partial charge is 0.195 e. The predicted octanol–water partition coefficient (Wildman–Crippen LogP) is 2.94. The number of H-pyrrole nitrogens is 1. The number of aromatic nitrogens is 3. The maximum Gasteiger partial charge on any atom is 0.195 e. The summed E-state index contributed by atoms with van der Waals surface area (Å²) in [5.74, 6) is 0.753. The number of nitrogens with zero attached hydrogens (tertiary/aromatic N) is 2. The minimum atomic E-state index is 0.452. The van der Waals surface area contributed by atoms with Crippen LogP contribution >= 0.6 is 12.2 Å². The van der Waals surface area contributed by atoms with Gasteiger partial charge >= 0.3 is 0 Å². The Morgan fingerprint density at radius 3 is 2.62 bits per heavy atom. The summed E-state index contributed by atoms with van der Waals surface area (Å²) < 4.78 is 2.73. The minimum absolute atomic E-state index is 0.452. The molecule has 13 heavy (non-hydrogen) atoms. The summed E-state index contributed by atoms with van der Waals surface area (Å²) in [6.07, 6.45) is 4.16. The Kier molecular flexibility index (Phi) is 3.66. The Morgan fingerprint density at radius 1 is 1.46 bits per heavy atom. The Balaban J connectivity index is 2.54. The van der Waals surface area contributed by atoms with Gasteiger partial charge in [0, 0.05) is 6.04 Å². The van der Waals surface area contributed by atoms with Crippen LogP contribution in [-0.4, -0.2) is 14.8 Å². The van der Waals surface area contributed by atoms with E-state index in [9.17, 15) is 0 Å². The van der Waals surface area contributed by atoms with Gasteiger partial charge in [0.25, 0.3) is 0 Å². The molecule has 0 saturated carbocycles. The molecule has 0 amide bonds. The molecule has 3 nitrogen and oxygen atoms in total. The van der Waals surface area contributed by atoms with E-state index in [1.807, 2.05) is 4.57 Å². The average Bonchev–Trinajstić information content (AvgIpc) is 2.47. The third-order valence-corrected chi connectivity index (χ3v) is 2.52. The first-order valence-electron chi connectivity index (χ1n) is 4.72. The van der Waals surface area contributed by atoms with Gasteiger partial charge < -0.3 is 4.57 Å². The number of nitrogens with one attached hydrogen (secondary N) is 1. The fourth-order valence-corrected chi connectivity index (χ4v) is 1.56. The third-order valence-electron chi connectivity index (χ3n) is 2.21. The Bertz CT molecular complexity index is 300. The van der Waals surface area contributed by atoms with Gasteiger partial charge in [-0.1, -0.05) is 13.8 Å². The first-order chi connectivity index (χ1) is 6.11. The summed E-state index contributed by atoms with van der Waals surface area (Å²) in [5, 5.41) is 6.67. The molecule has 0 aromatic carbocycles. The Hall–Kier alpha value is -0.640. The molecule has 1 rings (SSSR count). The minimum Gasteiger partial charge on any atom is -0.304 e. The van der Waals surface area contributed by atoms with Crippen LogP contribution in [0, 0.1) is 10.7 Å². The molecule has 0 fully saturated rings. The summed E-state index contributed by atoms with van der Waals surface area (Å²) in [6.45, 7) is 6.65. The van der Waals surface area contributed by atoms with Crippen molar-refractivity contribution in [3.05, 3.63) is 11.1 Å². The van der Waals surface area contributed by atoms with Gasteiger partial charge in [-0.15, -0.1) is 0 Å². The standard InChI is InChI=1S/C9H17N3S/c1-7(2)4-5-8(3)12-6-10-11-9(12)13/h6-8H,4-5H2,1-3H3,(H,11,13). The van der Waals surface area contributed by atoms with E-state index < -0.39 is 0 Å². The molecule has 0 aliphatic heterocycles. The summed E-state index contributed by atoms with van der Waals surface area (Å²) in [4.78, 5) is 0. The molecule has 1 heterocycles. The van der Waals surface area contributed by atoms with Crippen molar-refractivity contribution in [1.82, 2.24) is 14.8 Å².